The monoisotopic (exact) mass is 284 g/mol. The van der Waals surface area contributed by atoms with Crippen LogP contribution in [0.4, 0.5) is 5.13 Å². The standard InChI is InChI=1S/C12H20N4O2S/c1-15(6-7-16-4-2-3-5-16)12-14-9(8-19-12)10(13)11(17)18/h8,10H,2-7,13H2,1H3,(H,17,18). The molecule has 1 aromatic rings. The topological polar surface area (TPSA) is 82.7 Å². The first-order valence-corrected chi connectivity index (χ1v) is 7.33. The quantitative estimate of drug-likeness (QED) is 0.802. The highest BCUT2D eigenvalue weighted by Crippen LogP contribution is 2.22. The number of likely N-dealkylation sites (N-methyl/N-ethyl adjacent to an activating group) is 1. The first-order chi connectivity index (χ1) is 9.08. The molecule has 1 aromatic heterocycles. The molecule has 0 amide bonds. The maximum atomic E-state index is 10.8. The molecule has 1 aliphatic rings. The lowest BCUT2D eigenvalue weighted by molar-refractivity contribution is -0.138. The van der Waals surface area contributed by atoms with Crippen molar-refractivity contribution in [2.24, 2.45) is 5.73 Å². The first-order valence-electron chi connectivity index (χ1n) is 6.45. The van der Waals surface area contributed by atoms with Gasteiger partial charge in [0.15, 0.2) is 5.13 Å². The maximum Gasteiger partial charge on any atom is 0.326 e. The van der Waals surface area contributed by atoms with E-state index >= 15 is 0 Å². The van der Waals surface area contributed by atoms with Crippen molar-refractivity contribution in [3.63, 3.8) is 0 Å². The predicted molar refractivity (Wildman–Crippen MR) is 75.6 cm³/mol. The van der Waals surface area contributed by atoms with Gasteiger partial charge in [-0.1, -0.05) is 0 Å². The zero-order chi connectivity index (χ0) is 13.8. The molecule has 0 spiro atoms. The van der Waals surface area contributed by atoms with Crippen molar-refractivity contribution < 1.29 is 9.90 Å². The highest BCUT2D eigenvalue weighted by Gasteiger charge is 2.19. The van der Waals surface area contributed by atoms with Crippen molar-refractivity contribution in [2.75, 3.05) is 38.1 Å². The fourth-order valence-corrected chi connectivity index (χ4v) is 2.97. The summed E-state index contributed by atoms with van der Waals surface area (Å²) in [5, 5.41) is 11.4. The van der Waals surface area contributed by atoms with Crippen LogP contribution in [0.5, 0.6) is 0 Å². The molecule has 7 heteroatoms. The molecule has 2 rings (SSSR count). The molecule has 0 aliphatic carbocycles. The molecule has 1 unspecified atom stereocenters. The largest absolute Gasteiger partial charge is 0.480 e. The second kappa shape index (κ2) is 6.31. The molecule has 3 N–H and O–H groups in total. The van der Waals surface area contributed by atoms with Crippen LogP contribution in [0.15, 0.2) is 5.38 Å². The molecular weight excluding hydrogens is 264 g/mol. The number of carboxylic acid groups (broad SMARTS) is 1. The van der Waals surface area contributed by atoms with Crippen LogP contribution in [-0.2, 0) is 4.79 Å². The SMILES string of the molecule is CN(CCN1CCCC1)c1nc(C(N)C(=O)O)cs1. The number of rotatable bonds is 6. The van der Waals surface area contributed by atoms with E-state index in [4.69, 9.17) is 10.8 Å². The minimum absolute atomic E-state index is 0.431. The number of aromatic nitrogens is 1. The second-order valence-electron chi connectivity index (χ2n) is 4.84. The van der Waals surface area contributed by atoms with Gasteiger partial charge in [0.2, 0.25) is 0 Å². The Bertz CT molecular complexity index is 431. The lowest BCUT2D eigenvalue weighted by Crippen LogP contribution is -2.31. The summed E-state index contributed by atoms with van der Waals surface area (Å²) >= 11 is 1.44. The number of likely N-dealkylation sites (tertiary alicyclic amines) is 1. The summed E-state index contributed by atoms with van der Waals surface area (Å²) < 4.78 is 0. The smallest absolute Gasteiger partial charge is 0.326 e. The van der Waals surface area contributed by atoms with E-state index in [-0.39, 0.29) is 0 Å². The van der Waals surface area contributed by atoms with Crippen LogP contribution in [0.1, 0.15) is 24.6 Å². The summed E-state index contributed by atoms with van der Waals surface area (Å²) in [5.74, 6) is -1.04. The Morgan fingerprint density at radius 3 is 2.95 bits per heavy atom. The number of aliphatic carboxylic acids is 1. The van der Waals surface area contributed by atoms with E-state index in [2.05, 4.69) is 14.8 Å². The number of hydrogen-bond acceptors (Lipinski definition) is 6. The third-order valence-corrected chi connectivity index (χ3v) is 4.34. The minimum Gasteiger partial charge on any atom is -0.480 e. The number of hydrogen-bond donors (Lipinski definition) is 2. The minimum atomic E-state index is -1.04. The Labute approximate surface area is 116 Å². The molecule has 6 nitrogen and oxygen atoms in total. The molecule has 0 saturated carbocycles. The number of carbonyl (C=O) groups is 1. The normalized spacial score (nSPS) is 17.6. The van der Waals surface area contributed by atoms with Gasteiger partial charge in [-0.15, -0.1) is 11.3 Å². The van der Waals surface area contributed by atoms with Crippen LogP contribution in [0.3, 0.4) is 0 Å². The molecule has 19 heavy (non-hydrogen) atoms. The van der Waals surface area contributed by atoms with Crippen molar-refractivity contribution in [1.82, 2.24) is 9.88 Å². The molecule has 1 fully saturated rings. The van der Waals surface area contributed by atoms with Gasteiger partial charge in [0.25, 0.3) is 0 Å². The summed E-state index contributed by atoms with van der Waals surface area (Å²) in [5.41, 5.74) is 5.97. The summed E-state index contributed by atoms with van der Waals surface area (Å²) in [6.45, 7) is 4.29. The Hall–Kier alpha value is -1.18. The molecule has 0 aromatic carbocycles. The lowest BCUT2D eigenvalue weighted by Gasteiger charge is -2.20. The van der Waals surface area contributed by atoms with E-state index in [1.54, 1.807) is 5.38 Å². The number of anilines is 1. The van der Waals surface area contributed by atoms with Gasteiger partial charge in [-0.2, -0.15) is 0 Å². The Morgan fingerprint density at radius 2 is 2.32 bits per heavy atom. The van der Waals surface area contributed by atoms with E-state index in [1.807, 2.05) is 7.05 Å². The van der Waals surface area contributed by atoms with Gasteiger partial charge in [0, 0.05) is 25.5 Å². The van der Waals surface area contributed by atoms with Crippen LogP contribution in [-0.4, -0.2) is 54.2 Å². The third-order valence-electron chi connectivity index (χ3n) is 3.37. The molecule has 1 atom stereocenters. The summed E-state index contributed by atoms with van der Waals surface area (Å²) in [6.07, 6.45) is 2.58. The highest BCUT2D eigenvalue weighted by atomic mass is 32.1. The molecule has 106 valence electrons. The molecule has 0 radical (unpaired) electrons. The van der Waals surface area contributed by atoms with Gasteiger partial charge < -0.3 is 20.6 Å². The van der Waals surface area contributed by atoms with Crippen LogP contribution in [0.2, 0.25) is 0 Å². The van der Waals surface area contributed by atoms with Crippen LogP contribution in [0.25, 0.3) is 0 Å². The average Bonchev–Trinajstić information content (AvgIpc) is 3.05. The van der Waals surface area contributed by atoms with Crippen molar-refractivity contribution in [3.8, 4) is 0 Å². The zero-order valence-corrected chi connectivity index (χ0v) is 11.9. The van der Waals surface area contributed by atoms with Gasteiger partial charge in [0.05, 0.1) is 5.69 Å². The van der Waals surface area contributed by atoms with Crippen molar-refractivity contribution in [3.05, 3.63) is 11.1 Å². The fraction of sp³-hybridized carbons (Fsp3) is 0.667. The Kier molecular flexibility index (Phi) is 4.73. The highest BCUT2D eigenvalue weighted by molar-refractivity contribution is 7.13. The first kappa shape index (κ1) is 14.2. The van der Waals surface area contributed by atoms with E-state index in [9.17, 15) is 4.79 Å². The number of thiazole rings is 1. The number of nitrogens with zero attached hydrogens (tertiary/aromatic N) is 3. The number of carboxylic acids is 1. The van der Waals surface area contributed by atoms with Crippen LogP contribution in [0, 0.1) is 0 Å². The fourth-order valence-electron chi connectivity index (χ4n) is 2.11. The van der Waals surface area contributed by atoms with Gasteiger partial charge in [-0.25, -0.2) is 4.98 Å². The number of nitrogens with two attached hydrogens (primary N) is 1. The van der Waals surface area contributed by atoms with Crippen LogP contribution >= 0.6 is 11.3 Å². The molecule has 1 aliphatic heterocycles. The second-order valence-corrected chi connectivity index (χ2v) is 5.68. The van der Waals surface area contributed by atoms with Gasteiger partial charge in [-0.05, 0) is 25.9 Å². The van der Waals surface area contributed by atoms with Gasteiger partial charge in [0.1, 0.15) is 6.04 Å². The predicted octanol–water partition coefficient (Wildman–Crippen LogP) is 0.759. The summed E-state index contributed by atoms with van der Waals surface area (Å²) in [7, 11) is 1.98. The van der Waals surface area contributed by atoms with E-state index in [1.165, 1.54) is 37.3 Å². The third kappa shape index (κ3) is 3.65. The average molecular weight is 284 g/mol. The van der Waals surface area contributed by atoms with E-state index in [0.29, 0.717) is 5.69 Å². The molecule has 1 saturated heterocycles. The Morgan fingerprint density at radius 1 is 1.63 bits per heavy atom. The molecule has 0 bridgehead atoms. The summed E-state index contributed by atoms with van der Waals surface area (Å²) in [4.78, 5) is 19.6. The zero-order valence-electron chi connectivity index (χ0n) is 11.1. The van der Waals surface area contributed by atoms with Gasteiger partial charge >= 0.3 is 5.97 Å². The van der Waals surface area contributed by atoms with E-state index in [0.717, 1.165) is 18.2 Å². The van der Waals surface area contributed by atoms with Crippen LogP contribution < -0.4 is 10.6 Å². The van der Waals surface area contributed by atoms with Crippen molar-refractivity contribution in [1.29, 1.82) is 0 Å². The van der Waals surface area contributed by atoms with Crippen molar-refractivity contribution >= 4 is 22.4 Å². The van der Waals surface area contributed by atoms with Crippen molar-refractivity contribution in [2.45, 2.75) is 18.9 Å². The van der Waals surface area contributed by atoms with E-state index < -0.39 is 12.0 Å². The molecular formula is C12H20N4O2S. The molecule has 2 heterocycles. The summed E-state index contributed by atoms with van der Waals surface area (Å²) in [6, 6.07) is -1.03. The Balaban J connectivity index is 1.88. The lowest BCUT2D eigenvalue weighted by atomic mass is 10.2. The van der Waals surface area contributed by atoms with Gasteiger partial charge in [-0.3, -0.25) is 4.79 Å². The maximum absolute atomic E-state index is 10.8.